The average Bonchev–Trinajstić information content (AvgIpc) is 2.42. The molecule has 7 nitrogen and oxygen atoms in total. The van der Waals surface area contributed by atoms with Gasteiger partial charge in [0.05, 0.1) is 24.2 Å². The van der Waals surface area contributed by atoms with E-state index in [0.29, 0.717) is 19.8 Å². The zero-order valence-electron chi connectivity index (χ0n) is 10.8. The van der Waals surface area contributed by atoms with Gasteiger partial charge in [-0.05, 0) is 19.1 Å². The van der Waals surface area contributed by atoms with E-state index in [-0.39, 0.29) is 16.9 Å². The fourth-order valence-corrected chi connectivity index (χ4v) is 1.48. The maximum absolute atomic E-state index is 11.4. The number of hydrogen-bond acceptors (Lipinski definition) is 6. The molecule has 0 atom stereocenters. The van der Waals surface area contributed by atoms with Crippen LogP contribution in [0.15, 0.2) is 18.2 Å². The van der Waals surface area contributed by atoms with Gasteiger partial charge < -0.3 is 14.8 Å². The normalized spacial score (nSPS) is 10.0. The third-order valence-corrected chi connectivity index (χ3v) is 2.38. The molecule has 0 saturated carbocycles. The van der Waals surface area contributed by atoms with Crippen LogP contribution < -0.4 is 5.32 Å². The lowest BCUT2D eigenvalue weighted by molar-refractivity contribution is -0.384. The molecule has 0 fully saturated rings. The van der Waals surface area contributed by atoms with Crippen molar-refractivity contribution in [1.82, 2.24) is 0 Å². The van der Waals surface area contributed by atoms with Crippen molar-refractivity contribution in [3.8, 4) is 0 Å². The molecule has 1 rings (SSSR count). The van der Waals surface area contributed by atoms with Crippen molar-refractivity contribution < 1.29 is 19.2 Å². The number of benzene rings is 1. The molecule has 1 N–H and O–H groups in total. The van der Waals surface area contributed by atoms with Gasteiger partial charge in [-0.15, -0.1) is 0 Å². The van der Waals surface area contributed by atoms with Crippen molar-refractivity contribution in [3.05, 3.63) is 33.9 Å². The summed E-state index contributed by atoms with van der Waals surface area (Å²) in [7, 11) is 1.26. The van der Waals surface area contributed by atoms with Gasteiger partial charge in [-0.25, -0.2) is 4.79 Å². The first-order valence-electron chi connectivity index (χ1n) is 5.78. The predicted octanol–water partition coefficient (Wildman–Crippen LogP) is 1.83. The molecular weight excluding hydrogens is 252 g/mol. The number of methoxy groups -OCH3 is 1. The summed E-state index contributed by atoms with van der Waals surface area (Å²) in [6, 6.07) is 4.03. The van der Waals surface area contributed by atoms with Crippen LogP contribution in [-0.4, -0.2) is 37.8 Å². The van der Waals surface area contributed by atoms with Gasteiger partial charge in [-0.2, -0.15) is 0 Å². The Balaban J connectivity index is 2.89. The van der Waals surface area contributed by atoms with Crippen LogP contribution >= 0.6 is 0 Å². The Morgan fingerprint density at radius 2 is 2.21 bits per heavy atom. The fourth-order valence-electron chi connectivity index (χ4n) is 1.48. The van der Waals surface area contributed by atoms with Gasteiger partial charge >= 0.3 is 5.97 Å². The van der Waals surface area contributed by atoms with Gasteiger partial charge in [0.2, 0.25) is 0 Å². The third-order valence-electron chi connectivity index (χ3n) is 2.38. The number of hydrogen-bond donors (Lipinski definition) is 1. The van der Waals surface area contributed by atoms with E-state index >= 15 is 0 Å². The van der Waals surface area contributed by atoms with Crippen LogP contribution in [0.3, 0.4) is 0 Å². The number of esters is 1. The maximum Gasteiger partial charge on any atom is 0.337 e. The van der Waals surface area contributed by atoms with Crippen molar-refractivity contribution in [2.75, 3.05) is 32.2 Å². The van der Waals surface area contributed by atoms with Gasteiger partial charge in [0.15, 0.2) is 0 Å². The fraction of sp³-hybridized carbons (Fsp3) is 0.417. The van der Waals surface area contributed by atoms with Crippen molar-refractivity contribution in [3.63, 3.8) is 0 Å². The Morgan fingerprint density at radius 1 is 1.47 bits per heavy atom. The Labute approximate surface area is 110 Å². The first-order chi connectivity index (χ1) is 9.10. The maximum atomic E-state index is 11.4. The van der Waals surface area contributed by atoms with Crippen molar-refractivity contribution >= 4 is 17.3 Å². The lowest BCUT2D eigenvalue weighted by Gasteiger charge is -2.08. The van der Waals surface area contributed by atoms with Gasteiger partial charge in [0.1, 0.15) is 5.69 Å². The second kappa shape index (κ2) is 7.32. The summed E-state index contributed by atoms with van der Waals surface area (Å²) in [5, 5.41) is 13.8. The van der Waals surface area contributed by atoms with E-state index in [0.717, 1.165) is 0 Å². The van der Waals surface area contributed by atoms with Crippen molar-refractivity contribution in [2.24, 2.45) is 0 Å². The van der Waals surface area contributed by atoms with Crippen LogP contribution in [0.2, 0.25) is 0 Å². The molecule has 0 spiro atoms. The number of ether oxygens (including phenoxy) is 2. The minimum Gasteiger partial charge on any atom is -0.465 e. The molecule has 1 aromatic rings. The molecule has 104 valence electrons. The number of carbonyl (C=O) groups excluding carboxylic acids is 1. The van der Waals surface area contributed by atoms with Crippen LogP contribution in [0.25, 0.3) is 0 Å². The second-order valence-corrected chi connectivity index (χ2v) is 3.60. The van der Waals surface area contributed by atoms with E-state index < -0.39 is 10.9 Å². The molecule has 0 aliphatic heterocycles. The highest BCUT2D eigenvalue weighted by atomic mass is 16.6. The van der Waals surface area contributed by atoms with Crippen LogP contribution in [0.1, 0.15) is 17.3 Å². The highest BCUT2D eigenvalue weighted by molar-refractivity contribution is 5.91. The monoisotopic (exact) mass is 268 g/mol. The molecule has 0 bridgehead atoms. The van der Waals surface area contributed by atoms with Crippen LogP contribution in [0, 0.1) is 10.1 Å². The van der Waals surface area contributed by atoms with E-state index in [9.17, 15) is 14.9 Å². The molecule has 19 heavy (non-hydrogen) atoms. The summed E-state index contributed by atoms with van der Waals surface area (Å²) in [5.41, 5.74) is 0.434. The topological polar surface area (TPSA) is 90.7 Å². The average molecular weight is 268 g/mol. The number of nitrogens with zero attached hydrogens (tertiary/aromatic N) is 1. The second-order valence-electron chi connectivity index (χ2n) is 3.60. The molecule has 7 heteroatoms. The molecule has 1 aromatic carbocycles. The van der Waals surface area contributed by atoms with Gasteiger partial charge in [-0.3, -0.25) is 10.1 Å². The summed E-state index contributed by atoms with van der Waals surface area (Å²) in [6.45, 7) is 3.28. The number of nitro groups is 1. The SMILES string of the molecule is CCOCCNc1cc(C(=O)OC)ccc1[N+](=O)[O-]. The predicted molar refractivity (Wildman–Crippen MR) is 69.4 cm³/mol. The highest BCUT2D eigenvalue weighted by Gasteiger charge is 2.16. The Hall–Kier alpha value is -2.15. The Kier molecular flexibility index (Phi) is 5.74. The number of carbonyl (C=O) groups is 1. The minimum absolute atomic E-state index is 0.0934. The standard InChI is InChI=1S/C12H16N2O5/c1-3-19-7-6-13-10-8-9(12(15)18-2)4-5-11(10)14(16)17/h4-5,8,13H,3,6-7H2,1-2H3. The quantitative estimate of drug-likeness (QED) is 0.351. The molecule has 0 saturated heterocycles. The molecule has 0 aliphatic carbocycles. The first-order valence-corrected chi connectivity index (χ1v) is 5.78. The van der Waals surface area contributed by atoms with E-state index in [1.54, 1.807) is 0 Å². The highest BCUT2D eigenvalue weighted by Crippen LogP contribution is 2.25. The Morgan fingerprint density at radius 3 is 2.79 bits per heavy atom. The van der Waals surface area contributed by atoms with E-state index in [1.807, 2.05) is 6.92 Å². The summed E-state index contributed by atoms with van der Waals surface area (Å²) in [6.07, 6.45) is 0. The number of rotatable bonds is 7. The lowest BCUT2D eigenvalue weighted by atomic mass is 10.1. The van der Waals surface area contributed by atoms with Gasteiger partial charge in [-0.1, -0.05) is 0 Å². The van der Waals surface area contributed by atoms with E-state index in [4.69, 9.17) is 4.74 Å². The molecule has 0 amide bonds. The molecule has 0 unspecified atom stereocenters. The van der Waals surface area contributed by atoms with Crippen molar-refractivity contribution in [2.45, 2.75) is 6.92 Å². The Bertz CT molecular complexity index is 461. The molecule has 0 heterocycles. The molecule has 0 radical (unpaired) electrons. The molecular formula is C12H16N2O5. The van der Waals surface area contributed by atoms with E-state index in [2.05, 4.69) is 10.1 Å². The summed E-state index contributed by atoms with van der Waals surface area (Å²) < 4.78 is 9.70. The largest absolute Gasteiger partial charge is 0.465 e. The first kappa shape index (κ1) is 14.9. The molecule has 0 aliphatic rings. The third kappa shape index (κ3) is 4.22. The van der Waals surface area contributed by atoms with Crippen LogP contribution in [0.4, 0.5) is 11.4 Å². The van der Waals surface area contributed by atoms with Crippen LogP contribution in [-0.2, 0) is 9.47 Å². The zero-order chi connectivity index (χ0) is 14.3. The smallest absolute Gasteiger partial charge is 0.337 e. The molecule has 0 aromatic heterocycles. The van der Waals surface area contributed by atoms with Crippen LogP contribution in [0.5, 0.6) is 0 Å². The van der Waals surface area contributed by atoms with Crippen molar-refractivity contribution in [1.29, 1.82) is 0 Å². The number of anilines is 1. The van der Waals surface area contributed by atoms with Gasteiger partial charge in [0, 0.05) is 19.2 Å². The summed E-state index contributed by atoms with van der Waals surface area (Å²) in [5.74, 6) is -0.539. The minimum atomic E-state index is -0.539. The number of nitro benzene ring substituents is 1. The number of nitrogens with one attached hydrogen (secondary N) is 1. The van der Waals surface area contributed by atoms with E-state index in [1.165, 1.54) is 25.3 Å². The lowest BCUT2D eigenvalue weighted by Crippen LogP contribution is -2.11. The summed E-state index contributed by atoms with van der Waals surface area (Å²) in [4.78, 5) is 21.7. The van der Waals surface area contributed by atoms with Gasteiger partial charge in [0.25, 0.3) is 5.69 Å². The zero-order valence-corrected chi connectivity index (χ0v) is 10.8. The summed E-state index contributed by atoms with van der Waals surface area (Å²) >= 11 is 0.